The van der Waals surface area contributed by atoms with Crippen LogP contribution in [0.4, 0.5) is 0 Å². The number of aryl methyl sites for hydroxylation is 3. The van der Waals surface area contributed by atoms with Gasteiger partial charge in [0.15, 0.2) is 5.96 Å². The monoisotopic (exact) mass is 466 g/mol. The second-order valence-electron chi connectivity index (χ2n) is 5.99. The summed E-state index contributed by atoms with van der Waals surface area (Å²) in [6, 6.07) is 2.11. The maximum absolute atomic E-state index is 5.09. The molecule has 2 N–H and O–H groups in total. The van der Waals surface area contributed by atoms with Crippen LogP contribution < -0.4 is 10.6 Å². The Balaban J connectivity index is 0.00000576. The molecule has 8 heteroatoms. The van der Waals surface area contributed by atoms with Crippen molar-refractivity contribution in [1.82, 2.24) is 25.3 Å². The molecule has 0 saturated heterocycles. The summed E-state index contributed by atoms with van der Waals surface area (Å²) in [6.07, 6.45) is 0.978. The molecule has 0 aromatic carbocycles. The zero-order chi connectivity index (χ0) is 17.8. The number of hydrogen-bond donors (Lipinski definition) is 2. The first-order valence-electron chi connectivity index (χ1n) is 8.77. The number of likely N-dealkylation sites (N-methyl/N-ethyl adjacent to an activating group) is 1. The Bertz CT molecular complexity index is 491. The van der Waals surface area contributed by atoms with E-state index >= 15 is 0 Å². The van der Waals surface area contributed by atoms with E-state index in [1.807, 2.05) is 6.92 Å². The Labute approximate surface area is 169 Å². The smallest absolute Gasteiger partial charge is 0.191 e. The van der Waals surface area contributed by atoms with Gasteiger partial charge in [-0.15, -0.1) is 24.0 Å². The number of methoxy groups -OCH3 is 1. The average molecular weight is 466 g/mol. The van der Waals surface area contributed by atoms with Crippen molar-refractivity contribution in [2.45, 2.75) is 33.7 Å². The van der Waals surface area contributed by atoms with Crippen LogP contribution in [-0.2, 0) is 11.3 Å². The van der Waals surface area contributed by atoms with E-state index in [9.17, 15) is 0 Å². The molecule has 1 heterocycles. The van der Waals surface area contributed by atoms with Crippen molar-refractivity contribution in [3.63, 3.8) is 0 Å². The molecule has 146 valence electrons. The molecular formula is C17H35IN6O. The van der Waals surface area contributed by atoms with E-state index in [0.717, 1.165) is 63.9 Å². The van der Waals surface area contributed by atoms with Crippen LogP contribution in [0.2, 0.25) is 0 Å². The van der Waals surface area contributed by atoms with Crippen molar-refractivity contribution in [3.05, 3.63) is 17.5 Å². The highest BCUT2D eigenvalue weighted by Gasteiger charge is 2.02. The topological polar surface area (TPSA) is 66.7 Å². The van der Waals surface area contributed by atoms with E-state index in [1.165, 1.54) is 5.69 Å². The van der Waals surface area contributed by atoms with Gasteiger partial charge in [-0.2, -0.15) is 5.10 Å². The lowest BCUT2D eigenvalue weighted by Gasteiger charge is -2.17. The quantitative estimate of drug-likeness (QED) is 0.225. The Kier molecular flexibility index (Phi) is 13.8. The number of halogens is 1. The van der Waals surface area contributed by atoms with Crippen LogP contribution in [0.25, 0.3) is 0 Å². The molecule has 0 radical (unpaired) electrons. The average Bonchev–Trinajstić information content (AvgIpc) is 2.87. The van der Waals surface area contributed by atoms with Crippen LogP contribution in [0.1, 0.15) is 24.7 Å². The molecule has 1 rings (SSSR count). The van der Waals surface area contributed by atoms with Crippen LogP contribution >= 0.6 is 24.0 Å². The van der Waals surface area contributed by atoms with E-state index in [2.05, 4.69) is 57.3 Å². The number of hydrogen-bond acceptors (Lipinski definition) is 4. The molecule has 1 aromatic rings. The van der Waals surface area contributed by atoms with Gasteiger partial charge < -0.3 is 20.3 Å². The first-order chi connectivity index (χ1) is 11.6. The molecule has 0 amide bonds. The second-order valence-corrected chi connectivity index (χ2v) is 5.99. The van der Waals surface area contributed by atoms with Gasteiger partial charge in [-0.1, -0.05) is 0 Å². The summed E-state index contributed by atoms with van der Waals surface area (Å²) in [4.78, 5) is 6.87. The molecule has 0 spiro atoms. The maximum atomic E-state index is 5.09. The van der Waals surface area contributed by atoms with Gasteiger partial charge in [0.05, 0.1) is 12.3 Å². The van der Waals surface area contributed by atoms with Crippen molar-refractivity contribution >= 4 is 29.9 Å². The van der Waals surface area contributed by atoms with Crippen molar-refractivity contribution in [2.24, 2.45) is 4.99 Å². The molecule has 0 bridgehead atoms. The summed E-state index contributed by atoms with van der Waals surface area (Å²) in [6.45, 7) is 12.3. The SMILES string of the molecule is CCNC(=NCCCn1nc(C)cc1C)NCCN(C)CCOC.I. The lowest BCUT2D eigenvalue weighted by Crippen LogP contribution is -2.41. The minimum absolute atomic E-state index is 0. The van der Waals surface area contributed by atoms with E-state index in [0.29, 0.717) is 0 Å². The molecule has 1 aromatic heterocycles. The van der Waals surface area contributed by atoms with Crippen LogP contribution in [0, 0.1) is 13.8 Å². The highest BCUT2D eigenvalue weighted by atomic mass is 127. The van der Waals surface area contributed by atoms with Crippen LogP contribution in [0.15, 0.2) is 11.1 Å². The molecule has 0 unspecified atom stereocenters. The zero-order valence-electron chi connectivity index (χ0n) is 16.3. The normalized spacial score (nSPS) is 11.5. The first-order valence-corrected chi connectivity index (χ1v) is 8.77. The Morgan fingerprint density at radius 3 is 2.68 bits per heavy atom. The predicted octanol–water partition coefficient (Wildman–Crippen LogP) is 1.64. The van der Waals surface area contributed by atoms with Crippen LogP contribution in [0.5, 0.6) is 0 Å². The third kappa shape index (κ3) is 10.7. The summed E-state index contributed by atoms with van der Waals surface area (Å²) in [5.74, 6) is 0.881. The van der Waals surface area contributed by atoms with Gasteiger partial charge in [-0.25, -0.2) is 0 Å². The molecule has 7 nitrogen and oxygen atoms in total. The summed E-state index contributed by atoms with van der Waals surface area (Å²) >= 11 is 0. The largest absolute Gasteiger partial charge is 0.383 e. The minimum atomic E-state index is 0. The van der Waals surface area contributed by atoms with Gasteiger partial charge in [0, 0.05) is 52.1 Å². The summed E-state index contributed by atoms with van der Waals surface area (Å²) in [5.41, 5.74) is 2.28. The zero-order valence-corrected chi connectivity index (χ0v) is 18.7. The lowest BCUT2D eigenvalue weighted by molar-refractivity contribution is 0.162. The van der Waals surface area contributed by atoms with E-state index in [1.54, 1.807) is 7.11 Å². The van der Waals surface area contributed by atoms with E-state index in [-0.39, 0.29) is 24.0 Å². The Hall–Kier alpha value is -0.870. The second kappa shape index (κ2) is 14.3. The fraction of sp³-hybridized carbons (Fsp3) is 0.765. The third-order valence-electron chi connectivity index (χ3n) is 3.71. The fourth-order valence-electron chi connectivity index (χ4n) is 2.38. The van der Waals surface area contributed by atoms with Crippen molar-refractivity contribution in [2.75, 3.05) is 53.5 Å². The highest BCUT2D eigenvalue weighted by Crippen LogP contribution is 2.02. The van der Waals surface area contributed by atoms with Gasteiger partial charge in [0.25, 0.3) is 0 Å². The van der Waals surface area contributed by atoms with Crippen LogP contribution in [-0.4, -0.2) is 74.1 Å². The standard InChI is InChI=1S/C17H34N6O.HI/c1-6-18-17(20-9-11-22(4)12-13-24-5)19-8-7-10-23-16(3)14-15(2)21-23;/h14H,6-13H2,1-5H3,(H2,18,19,20);1H. The highest BCUT2D eigenvalue weighted by molar-refractivity contribution is 14.0. The van der Waals surface area contributed by atoms with Crippen molar-refractivity contribution in [1.29, 1.82) is 0 Å². The molecule has 0 aliphatic carbocycles. The molecule has 0 atom stereocenters. The lowest BCUT2D eigenvalue weighted by atomic mass is 10.4. The van der Waals surface area contributed by atoms with Gasteiger partial charge in [-0.3, -0.25) is 9.67 Å². The number of guanidine groups is 1. The van der Waals surface area contributed by atoms with Gasteiger partial charge in [0.1, 0.15) is 0 Å². The van der Waals surface area contributed by atoms with E-state index < -0.39 is 0 Å². The molecule has 0 aliphatic heterocycles. The molecular weight excluding hydrogens is 431 g/mol. The molecule has 0 fully saturated rings. The number of aliphatic imine (C=N–C) groups is 1. The first kappa shape index (κ1) is 24.1. The summed E-state index contributed by atoms with van der Waals surface area (Å²) < 4.78 is 7.14. The van der Waals surface area contributed by atoms with Gasteiger partial charge in [0.2, 0.25) is 0 Å². The maximum Gasteiger partial charge on any atom is 0.191 e. The van der Waals surface area contributed by atoms with Crippen molar-refractivity contribution in [3.8, 4) is 0 Å². The molecule has 25 heavy (non-hydrogen) atoms. The third-order valence-corrected chi connectivity index (χ3v) is 3.71. The summed E-state index contributed by atoms with van der Waals surface area (Å²) in [7, 11) is 3.83. The van der Waals surface area contributed by atoms with Crippen LogP contribution in [0.3, 0.4) is 0 Å². The minimum Gasteiger partial charge on any atom is -0.383 e. The number of aromatic nitrogens is 2. The molecule has 0 aliphatic rings. The van der Waals surface area contributed by atoms with Gasteiger partial charge in [-0.05, 0) is 40.3 Å². The number of nitrogens with one attached hydrogen (secondary N) is 2. The number of nitrogens with zero attached hydrogens (tertiary/aromatic N) is 4. The summed E-state index contributed by atoms with van der Waals surface area (Å²) in [5, 5.41) is 11.1. The predicted molar refractivity (Wildman–Crippen MR) is 115 cm³/mol. The molecule has 0 saturated carbocycles. The number of ether oxygens (including phenoxy) is 1. The fourth-order valence-corrected chi connectivity index (χ4v) is 2.38. The van der Waals surface area contributed by atoms with E-state index in [4.69, 9.17) is 4.74 Å². The Morgan fingerprint density at radius 2 is 2.08 bits per heavy atom. The van der Waals surface area contributed by atoms with Gasteiger partial charge >= 0.3 is 0 Å². The number of rotatable bonds is 11. The van der Waals surface area contributed by atoms with Crippen molar-refractivity contribution < 1.29 is 4.74 Å². The Morgan fingerprint density at radius 1 is 1.32 bits per heavy atom.